The fraction of sp³-hybridized carbons (Fsp3) is 0.333. The first-order valence-electron chi connectivity index (χ1n) is 9.47. The molecule has 1 fully saturated rings. The van der Waals surface area contributed by atoms with Crippen molar-refractivity contribution in [3.05, 3.63) is 64.6 Å². The summed E-state index contributed by atoms with van der Waals surface area (Å²) in [7, 11) is 2.00. The first-order valence-corrected chi connectivity index (χ1v) is 9.47. The van der Waals surface area contributed by atoms with Gasteiger partial charge in [0.1, 0.15) is 0 Å². The molecule has 1 saturated heterocycles. The molecular formula is C21H27N4O4+. The Balaban J connectivity index is 1.95. The van der Waals surface area contributed by atoms with Gasteiger partial charge in [-0.3, -0.25) is 5.21 Å². The predicted molar refractivity (Wildman–Crippen MR) is 109 cm³/mol. The molecule has 154 valence electrons. The number of rotatable bonds is 3. The zero-order chi connectivity index (χ0) is 21.1. The van der Waals surface area contributed by atoms with Crippen molar-refractivity contribution in [2.45, 2.75) is 13.8 Å². The zero-order valence-corrected chi connectivity index (χ0v) is 17.0. The van der Waals surface area contributed by atoms with Gasteiger partial charge < -0.3 is 25.2 Å². The highest BCUT2D eigenvalue weighted by Crippen LogP contribution is 2.27. The normalized spacial score (nSPS) is 19.2. The van der Waals surface area contributed by atoms with E-state index in [4.69, 9.17) is 4.74 Å². The number of carbonyl (C=O) groups is 1. The monoisotopic (exact) mass is 399 g/mol. The molecule has 1 aromatic rings. The second-order valence-electron chi connectivity index (χ2n) is 7.35. The molecule has 2 aliphatic rings. The van der Waals surface area contributed by atoms with Gasteiger partial charge in [-0.2, -0.15) is 0 Å². The van der Waals surface area contributed by atoms with E-state index in [1.165, 1.54) is 0 Å². The van der Waals surface area contributed by atoms with E-state index in [9.17, 15) is 15.2 Å². The molecule has 1 amide bonds. The lowest BCUT2D eigenvalue weighted by molar-refractivity contribution is -0.716. The number of likely N-dealkylation sites (N-methyl/N-ethyl adjacent to an activating group) is 1. The summed E-state index contributed by atoms with van der Waals surface area (Å²) in [6.45, 7) is 10.4. The molecule has 0 radical (unpaired) electrons. The third-order valence-corrected chi connectivity index (χ3v) is 5.25. The van der Waals surface area contributed by atoms with E-state index in [1.54, 1.807) is 35.3 Å². The lowest BCUT2D eigenvalue weighted by Gasteiger charge is -2.31. The molecule has 8 heteroatoms. The van der Waals surface area contributed by atoms with E-state index < -0.39 is 6.09 Å². The Labute approximate surface area is 170 Å². The van der Waals surface area contributed by atoms with Crippen molar-refractivity contribution in [1.29, 1.82) is 0 Å². The summed E-state index contributed by atoms with van der Waals surface area (Å²) >= 11 is 0. The number of nitrogens with zero attached hydrogens (tertiary/aromatic N) is 3. The first-order chi connectivity index (χ1) is 13.8. The van der Waals surface area contributed by atoms with Gasteiger partial charge in [0, 0.05) is 48.6 Å². The van der Waals surface area contributed by atoms with Crippen molar-refractivity contribution in [3.8, 4) is 0 Å². The molecular weight excluding hydrogens is 372 g/mol. The number of hydrogen-bond acceptors (Lipinski definition) is 5. The number of nitrogens with two attached hydrogens (primary N) is 1. The number of allylic oxidation sites excluding steroid dienone is 4. The van der Waals surface area contributed by atoms with Crippen LogP contribution in [0.2, 0.25) is 0 Å². The second kappa shape index (κ2) is 8.60. The maximum atomic E-state index is 12.6. The average Bonchev–Trinajstić information content (AvgIpc) is 2.70. The van der Waals surface area contributed by atoms with Crippen LogP contribution in [0, 0.1) is 19.1 Å². The van der Waals surface area contributed by atoms with Gasteiger partial charge in [0.25, 0.3) is 0 Å². The number of benzene rings is 1. The Morgan fingerprint density at radius 1 is 1.24 bits per heavy atom. The third-order valence-electron chi connectivity index (χ3n) is 5.25. The van der Waals surface area contributed by atoms with Crippen molar-refractivity contribution >= 4 is 23.2 Å². The van der Waals surface area contributed by atoms with Gasteiger partial charge in [-0.05, 0) is 44.2 Å². The van der Waals surface area contributed by atoms with Crippen molar-refractivity contribution in [2.24, 2.45) is 0 Å². The molecule has 29 heavy (non-hydrogen) atoms. The molecule has 8 nitrogen and oxygen atoms in total. The van der Waals surface area contributed by atoms with E-state index in [0.29, 0.717) is 35.5 Å². The fourth-order valence-electron chi connectivity index (χ4n) is 3.26. The Kier molecular flexibility index (Phi) is 6.17. The van der Waals surface area contributed by atoms with Crippen molar-refractivity contribution < 1.29 is 25.0 Å². The summed E-state index contributed by atoms with van der Waals surface area (Å²) < 4.78 is 6.48. The molecule has 0 saturated carbocycles. The van der Waals surface area contributed by atoms with Gasteiger partial charge in [-0.1, -0.05) is 12.7 Å². The first kappa shape index (κ1) is 20.8. The quantitative estimate of drug-likeness (QED) is 0.350. The van der Waals surface area contributed by atoms with Crippen LogP contribution in [0.15, 0.2) is 48.3 Å². The number of carbonyl (C=O) groups excluding carboxylic acids is 1. The molecule has 0 spiro atoms. The second-order valence-corrected chi connectivity index (χ2v) is 7.35. The van der Waals surface area contributed by atoms with Gasteiger partial charge in [0.05, 0.1) is 0 Å². The highest BCUT2D eigenvalue weighted by molar-refractivity contribution is 6.11. The Morgan fingerprint density at radius 3 is 2.55 bits per heavy atom. The lowest BCUT2D eigenvalue weighted by Crippen LogP contribution is -2.70. The standard InChI is InChI=1S/C21H27N4O4/c1-14-6-5-7-19(29-21(26)24-10-8-23(4)9-11-24)20(14)25(28)18-13-16(3)15(2)12-17(18)22-27/h5-7,12-13,28H,1,8-11,22H2,2-4H3/q+1/b25-20-. The van der Waals surface area contributed by atoms with Gasteiger partial charge in [-0.15, -0.1) is 0 Å². The van der Waals surface area contributed by atoms with Crippen LogP contribution in [0.1, 0.15) is 11.1 Å². The lowest BCUT2D eigenvalue weighted by atomic mass is 10.0. The van der Waals surface area contributed by atoms with Crippen LogP contribution in [0.5, 0.6) is 0 Å². The summed E-state index contributed by atoms with van der Waals surface area (Å²) in [5, 5.41) is 22.5. The van der Waals surface area contributed by atoms with E-state index in [2.05, 4.69) is 11.5 Å². The molecule has 1 heterocycles. The van der Waals surface area contributed by atoms with E-state index >= 15 is 0 Å². The van der Waals surface area contributed by atoms with Crippen LogP contribution >= 0.6 is 0 Å². The maximum absolute atomic E-state index is 12.6. The molecule has 0 unspecified atom stereocenters. The van der Waals surface area contributed by atoms with Crippen LogP contribution < -0.4 is 5.48 Å². The van der Waals surface area contributed by atoms with Crippen LogP contribution in [-0.4, -0.2) is 64.8 Å². The Hall–Kier alpha value is -2.94. The zero-order valence-electron chi connectivity index (χ0n) is 17.0. The molecule has 3 rings (SSSR count). The smallest absolute Gasteiger partial charge is 0.415 e. The van der Waals surface area contributed by atoms with Crippen LogP contribution in [0.3, 0.4) is 0 Å². The number of piperazine rings is 1. The molecule has 1 aliphatic heterocycles. The third kappa shape index (κ3) is 4.40. The largest absolute Gasteiger partial charge is 0.630 e. The minimum Gasteiger partial charge on any atom is -0.630 e. The van der Waals surface area contributed by atoms with Crippen molar-refractivity contribution in [2.75, 3.05) is 33.2 Å². The number of quaternary nitrogens is 1. The van der Waals surface area contributed by atoms with Gasteiger partial charge in [0.2, 0.25) is 11.4 Å². The van der Waals surface area contributed by atoms with E-state index in [0.717, 1.165) is 29.0 Å². The molecule has 1 aliphatic carbocycles. The average molecular weight is 399 g/mol. The highest BCUT2D eigenvalue weighted by atomic mass is 16.6. The summed E-state index contributed by atoms with van der Waals surface area (Å²) in [4.78, 5) is 16.4. The van der Waals surface area contributed by atoms with Gasteiger partial charge >= 0.3 is 17.5 Å². The van der Waals surface area contributed by atoms with E-state index in [-0.39, 0.29) is 11.5 Å². The number of hydrogen-bond donors (Lipinski definition) is 2. The van der Waals surface area contributed by atoms with Crippen molar-refractivity contribution in [3.63, 3.8) is 0 Å². The minimum atomic E-state index is -0.478. The number of aryl methyl sites for hydroxylation is 2. The van der Waals surface area contributed by atoms with E-state index in [1.807, 2.05) is 20.9 Å². The van der Waals surface area contributed by atoms with Crippen LogP contribution in [0.4, 0.5) is 16.2 Å². The highest BCUT2D eigenvalue weighted by Gasteiger charge is 2.33. The topological polar surface area (TPSA) is 95.7 Å². The molecule has 1 aromatic carbocycles. The van der Waals surface area contributed by atoms with Crippen LogP contribution in [0.25, 0.3) is 0 Å². The van der Waals surface area contributed by atoms with Gasteiger partial charge in [0.15, 0.2) is 0 Å². The van der Waals surface area contributed by atoms with Crippen LogP contribution in [-0.2, 0) is 4.74 Å². The molecule has 0 aromatic heterocycles. The SMILES string of the molecule is C=C1C=CC=C(OC(=O)N2CCN(C)CC2)/C1=[N+](\O)c1cc(C)c(C)cc1[NH2+][O-]. The maximum Gasteiger partial charge on any atom is 0.415 e. The molecule has 0 atom stereocenters. The van der Waals surface area contributed by atoms with Gasteiger partial charge in [-0.25, -0.2) is 4.79 Å². The van der Waals surface area contributed by atoms with Crippen molar-refractivity contribution in [1.82, 2.24) is 9.80 Å². The summed E-state index contributed by atoms with van der Waals surface area (Å²) in [6, 6.07) is 3.43. The minimum absolute atomic E-state index is 0.180. The molecule has 3 N–H and O–H groups in total. The molecule has 0 bridgehead atoms. The number of amides is 1. The Morgan fingerprint density at radius 2 is 1.90 bits per heavy atom. The number of ether oxygens (including phenoxy) is 1. The Bertz CT molecular complexity index is 925. The fourth-order valence-corrected chi connectivity index (χ4v) is 3.26. The summed E-state index contributed by atoms with van der Waals surface area (Å²) in [6.07, 6.45) is 4.53. The summed E-state index contributed by atoms with van der Waals surface area (Å²) in [5.41, 5.74) is 3.86. The summed E-state index contributed by atoms with van der Waals surface area (Å²) in [5.74, 6) is 0.180. The predicted octanol–water partition coefficient (Wildman–Crippen LogP) is 1.86.